The van der Waals surface area contributed by atoms with Crippen molar-refractivity contribution in [2.24, 2.45) is 0 Å². The normalized spacial score (nSPS) is 12.7. The Morgan fingerprint density at radius 2 is 2.06 bits per heavy atom. The number of hydrogen-bond acceptors (Lipinski definition) is 2. The Kier molecular flexibility index (Phi) is 4.26. The predicted octanol–water partition coefficient (Wildman–Crippen LogP) is 5.11. The summed E-state index contributed by atoms with van der Waals surface area (Å²) in [5, 5.41) is 3.99. The van der Waals surface area contributed by atoms with Gasteiger partial charge in [0.05, 0.1) is 5.02 Å². The van der Waals surface area contributed by atoms with Crippen molar-refractivity contribution < 1.29 is 0 Å². The van der Waals surface area contributed by atoms with Crippen molar-refractivity contribution >= 4 is 38.9 Å². The van der Waals surface area contributed by atoms with Crippen molar-refractivity contribution in [3.63, 3.8) is 0 Å². The first-order valence-electron chi connectivity index (χ1n) is 5.34. The summed E-state index contributed by atoms with van der Waals surface area (Å²) in [6.45, 7) is 2.16. The summed E-state index contributed by atoms with van der Waals surface area (Å²) < 4.78 is 0.934. The van der Waals surface area contributed by atoms with Gasteiger partial charge in [-0.15, -0.1) is 11.3 Å². The van der Waals surface area contributed by atoms with Crippen molar-refractivity contribution in [3.05, 3.63) is 44.7 Å². The molecule has 4 heteroatoms. The molecule has 90 valence electrons. The largest absolute Gasteiger partial charge is 0.313 e. The Bertz CT molecular complexity index is 524. The van der Waals surface area contributed by atoms with Crippen molar-refractivity contribution in [1.29, 1.82) is 0 Å². The molecule has 0 aliphatic carbocycles. The zero-order valence-corrected chi connectivity index (χ0v) is 12.8. The molecule has 1 atom stereocenters. The van der Waals surface area contributed by atoms with Gasteiger partial charge < -0.3 is 5.32 Å². The van der Waals surface area contributed by atoms with E-state index < -0.39 is 0 Å². The van der Waals surface area contributed by atoms with Crippen LogP contribution < -0.4 is 5.32 Å². The van der Waals surface area contributed by atoms with E-state index in [0.717, 1.165) is 15.1 Å². The van der Waals surface area contributed by atoms with Crippen LogP contribution in [0, 0.1) is 0 Å². The number of benzene rings is 1. The average Bonchev–Trinajstić information content (AvgIpc) is 2.81. The van der Waals surface area contributed by atoms with Gasteiger partial charge in [0.1, 0.15) is 0 Å². The van der Waals surface area contributed by atoms with Gasteiger partial charge >= 0.3 is 0 Å². The second kappa shape index (κ2) is 5.53. The molecule has 1 heterocycles. The highest BCUT2D eigenvalue weighted by Gasteiger charge is 2.08. The van der Waals surface area contributed by atoms with Crippen LogP contribution in [-0.2, 0) is 0 Å². The molecule has 1 aromatic carbocycles. The van der Waals surface area contributed by atoms with Crippen LogP contribution in [0.15, 0.2) is 34.8 Å². The van der Waals surface area contributed by atoms with Gasteiger partial charge in [-0.2, -0.15) is 0 Å². The van der Waals surface area contributed by atoms with Crippen LogP contribution in [0.3, 0.4) is 0 Å². The van der Waals surface area contributed by atoms with Crippen molar-refractivity contribution in [1.82, 2.24) is 5.32 Å². The third-order valence-electron chi connectivity index (χ3n) is 2.69. The molecule has 1 unspecified atom stereocenters. The number of halogens is 2. The van der Waals surface area contributed by atoms with Crippen LogP contribution in [0.5, 0.6) is 0 Å². The Morgan fingerprint density at radius 1 is 1.29 bits per heavy atom. The first kappa shape index (κ1) is 13.1. The Hall–Kier alpha value is -0.350. The zero-order chi connectivity index (χ0) is 12.4. The number of hydrogen-bond donors (Lipinski definition) is 1. The minimum Gasteiger partial charge on any atom is -0.313 e. The van der Waals surface area contributed by atoms with E-state index >= 15 is 0 Å². The van der Waals surface area contributed by atoms with Crippen LogP contribution in [0.25, 0.3) is 10.4 Å². The van der Waals surface area contributed by atoms with E-state index in [1.165, 1.54) is 9.75 Å². The lowest BCUT2D eigenvalue weighted by atomic mass is 10.2. The summed E-state index contributed by atoms with van der Waals surface area (Å²) in [7, 11) is 1.97. The molecule has 0 bridgehead atoms. The van der Waals surface area contributed by atoms with Crippen LogP contribution in [0.1, 0.15) is 17.8 Å². The zero-order valence-electron chi connectivity index (χ0n) is 9.63. The first-order chi connectivity index (χ1) is 8.11. The monoisotopic (exact) mass is 329 g/mol. The number of nitrogens with one attached hydrogen (secondary N) is 1. The van der Waals surface area contributed by atoms with Gasteiger partial charge in [-0.3, -0.25) is 0 Å². The molecule has 0 saturated heterocycles. The lowest BCUT2D eigenvalue weighted by Crippen LogP contribution is -2.10. The van der Waals surface area contributed by atoms with Gasteiger partial charge in [-0.05, 0) is 59.7 Å². The van der Waals surface area contributed by atoms with E-state index in [2.05, 4.69) is 46.4 Å². The minimum atomic E-state index is 0.389. The lowest BCUT2D eigenvalue weighted by Gasteiger charge is -2.06. The fourth-order valence-electron chi connectivity index (χ4n) is 1.53. The molecule has 0 saturated carbocycles. The molecule has 0 aliphatic heterocycles. The van der Waals surface area contributed by atoms with E-state index in [1.54, 1.807) is 11.3 Å². The van der Waals surface area contributed by atoms with Gasteiger partial charge in [0, 0.05) is 20.3 Å². The van der Waals surface area contributed by atoms with Gasteiger partial charge in [0.25, 0.3) is 0 Å². The van der Waals surface area contributed by atoms with Crippen LogP contribution in [-0.4, -0.2) is 7.05 Å². The van der Waals surface area contributed by atoms with E-state index in [1.807, 2.05) is 19.2 Å². The molecule has 1 nitrogen and oxygen atoms in total. The van der Waals surface area contributed by atoms with E-state index in [4.69, 9.17) is 11.6 Å². The SMILES string of the molecule is CNC(C)c1ccc(-c2ccc(Br)c(Cl)c2)s1. The van der Waals surface area contributed by atoms with Crippen LogP contribution in [0.4, 0.5) is 0 Å². The summed E-state index contributed by atoms with van der Waals surface area (Å²) >= 11 is 11.3. The minimum absolute atomic E-state index is 0.389. The highest BCUT2D eigenvalue weighted by atomic mass is 79.9. The van der Waals surface area contributed by atoms with Gasteiger partial charge in [-0.25, -0.2) is 0 Å². The topological polar surface area (TPSA) is 12.0 Å². The van der Waals surface area contributed by atoms with E-state index in [-0.39, 0.29) is 0 Å². The van der Waals surface area contributed by atoms with Gasteiger partial charge in [-0.1, -0.05) is 17.7 Å². The Morgan fingerprint density at radius 3 is 2.71 bits per heavy atom. The maximum absolute atomic E-state index is 6.11. The molecule has 2 rings (SSSR count). The summed E-state index contributed by atoms with van der Waals surface area (Å²) in [6, 6.07) is 10.8. The first-order valence-corrected chi connectivity index (χ1v) is 7.33. The molecule has 0 fully saturated rings. The summed E-state index contributed by atoms with van der Waals surface area (Å²) in [6.07, 6.45) is 0. The second-order valence-corrected chi connectivity index (χ2v) is 6.22. The fourth-order valence-corrected chi connectivity index (χ4v) is 3.03. The van der Waals surface area contributed by atoms with Crippen LogP contribution in [0.2, 0.25) is 5.02 Å². The van der Waals surface area contributed by atoms with Crippen molar-refractivity contribution in [3.8, 4) is 10.4 Å². The molecule has 0 amide bonds. The summed E-state index contributed by atoms with van der Waals surface area (Å²) in [5.74, 6) is 0. The van der Waals surface area contributed by atoms with Gasteiger partial charge in [0.15, 0.2) is 0 Å². The molecular formula is C13H13BrClNS. The Balaban J connectivity index is 2.33. The maximum atomic E-state index is 6.11. The molecule has 0 spiro atoms. The third-order valence-corrected chi connectivity index (χ3v) is 5.24. The summed E-state index contributed by atoms with van der Waals surface area (Å²) in [5.41, 5.74) is 1.16. The van der Waals surface area contributed by atoms with Gasteiger partial charge in [0.2, 0.25) is 0 Å². The Labute approximate surface area is 119 Å². The molecule has 0 aliphatic rings. The average molecular weight is 331 g/mol. The molecule has 17 heavy (non-hydrogen) atoms. The van der Waals surface area contributed by atoms with E-state index in [9.17, 15) is 0 Å². The molecular weight excluding hydrogens is 318 g/mol. The number of thiophene rings is 1. The second-order valence-electron chi connectivity index (χ2n) is 3.84. The van der Waals surface area contributed by atoms with Crippen LogP contribution >= 0.6 is 38.9 Å². The molecule has 0 radical (unpaired) electrons. The lowest BCUT2D eigenvalue weighted by molar-refractivity contribution is 0.664. The molecule has 1 aromatic heterocycles. The fraction of sp³-hybridized carbons (Fsp3) is 0.231. The standard InChI is InChI=1S/C13H13BrClNS/c1-8(16-2)12-5-6-13(17-12)9-3-4-10(14)11(15)7-9/h3-8,16H,1-2H3. The van der Waals surface area contributed by atoms with E-state index in [0.29, 0.717) is 6.04 Å². The molecule has 1 N–H and O–H groups in total. The third kappa shape index (κ3) is 2.91. The predicted molar refractivity (Wildman–Crippen MR) is 79.9 cm³/mol. The van der Waals surface area contributed by atoms with Crippen molar-refractivity contribution in [2.75, 3.05) is 7.05 Å². The smallest absolute Gasteiger partial charge is 0.0554 e. The van der Waals surface area contributed by atoms with Crippen molar-refractivity contribution in [2.45, 2.75) is 13.0 Å². The summed E-state index contributed by atoms with van der Waals surface area (Å²) in [4.78, 5) is 2.58. The highest BCUT2D eigenvalue weighted by Crippen LogP contribution is 2.34. The molecule has 2 aromatic rings. The number of rotatable bonds is 3. The quantitative estimate of drug-likeness (QED) is 0.824. The highest BCUT2D eigenvalue weighted by molar-refractivity contribution is 9.10. The maximum Gasteiger partial charge on any atom is 0.0554 e.